The van der Waals surface area contributed by atoms with Crippen LogP contribution < -0.4 is 67.1 Å². The molecule has 43 heavy (non-hydrogen) atoms. The van der Waals surface area contributed by atoms with Gasteiger partial charge in [0.1, 0.15) is 11.4 Å². The van der Waals surface area contributed by atoms with E-state index >= 15 is 0 Å². The molecule has 1 heterocycles. The number of hydrogen-bond acceptors (Lipinski definition) is 5. The zero-order chi connectivity index (χ0) is 29.7. The topological polar surface area (TPSA) is 97.9 Å². The fraction of sp³-hybridized carbons (Fsp3) is 0.294. The van der Waals surface area contributed by atoms with Crippen molar-refractivity contribution >= 4 is 23.0 Å². The molecule has 222 valence electrons. The molecule has 1 amide bonds. The molecule has 9 heteroatoms. The largest absolute Gasteiger partial charge is 1.00 e. The van der Waals surface area contributed by atoms with Crippen LogP contribution in [0.1, 0.15) is 49.7 Å². The number of aliphatic hydroxyl groups excluding tert-OH is 1. The van der Waals surface area contributed by atoms with Crippen LogP contribution in [-0.4, -0.2) is 40.7 Å². The summed E-state index contributed by atoms with van der Waals surface area (Å²) >= 11 is 0. The summed E-state index contributed by atoms with van der Waals surface area (Å²) in [6, 6.07) is 22.5. The van der Waals surface area contributed by atoms with Crippen LogP contribution in [0.25, 0.3) is 16.6 Å². The number of aryl methyl sites for hydroxylation is 1. The molecule has 0 aliphatic heterocycles. The Labute approximate surface area is 297 Å². The Morgan fingerprint density at radius 1 is 1.05 bits per heavy atom. The molecule has 0 fully saturated rings. The molecule has 8 nitrogen and oxygen atoms in total. The Morgan fingerprint density at radius 3 is 2.30 bits per heavy atom. The number of nitrogens with zero attached hydrogens (tertiary/aromatic N) is 3. The molecule has 0 bridgehead atoms. The fourth-order valence-corrected chi connectivity index (χ4v) is 4.42. The summed E-state index contributed by atoms with van der Waals surface area (Å²) in [4.78, 5) is 32.7. The van der Waals surface area contributed by atoms with Gasteiger partial charge in [-0.15, -0.1) is 5.69 Å². The molecule has 0 unspecified atom stereocenters. The van der Waals surface area contributed by atoms with E-state index in [1.807, 2.05) is 43.3 Å². The van der Waals surface area contributed by atoms with Crippen molar-refractivity contribution in [1.82, 2.24) is 9.47 Å². The van der Waals surface area contributed by atoms with Gasteiger partial charge >= 0.3 is 51.4 Å². The standard InChI is InChI=1S/C33H37N4O4.CH4.K/c1-22-28(8-7-9-30(22)41-35-27-16-12-25(13-17-27)33(2,3)4)24-20-29(32(40)37(6)21-24)34-26-14-10-23(11-15-26)31(39)36(5)18-19-38;;/h7-17,20-21,38H,18-19H2,1-6H3,(H,34,39);1H4;/q-1;;+1. The zero-order valence-electron chi connectivity index (χ0n) is 25.4. The Morgan fingerprint density at radius 2 is 1.70 bits per heavy atom. The summed E-state index contributed by atoms with van der Waals surface area (Å²) in [5, 5.41) is 12.3. The van der Waals surface area contributed by atoms with Crippen LogP contribution >= 0.6 is 0 Å². The van der Waals surface area contributed by atoms with Gasteiger partial charge in [0.2, 0.25) is 0 Å². The number of anilines is 2. The zero-order valence-corrected chi connectivity index (χ0v) is 28.6. The second-order valence-electron chi connectivity index (χ2n) is 11.1. The summed E-state index contributed by atoms with van der Waals surface area (Å²) < 4.78 is 1.54. The van der Waals surface area contributed by atoms with Gasteiger partial charge in [-0.3, -0.25) is 9.59 Å². The Balaban J connectivity index is 0.00000323. The number of aliphatic hydroxyl groups is 1. The fourth-order valence-electron chi connectivity index (χ4n) is 4.42. The Bertz CT molecular complexity index is 1580. The first-order valence-electron chi connectivity index (χ1n) is 13.5. The van der Waals surface area contributed by atoms with E-state index in [2.05, 4.69) is 43.7 Å². The first-order chi connectivity index (χ1) is 19.5. The Kier molecular flexibility index (Phi) is 13.2. The average Bonchev–Trinajstić information content (AvgIpc) is 2.94. The van der Waals surface area contributed by atoms with Crippen molar-refractivity contribution in [1.29, 1.82) is 0 Å². The van der Waals surface area contributed by atoms with E-state index in [9.17, 15) is 9.59 Å². The third-order valence-electron chi connectivity index (χ3n) is 6.95. The van der Waals surface area contributed by atoms with Gasteiger partial charge in [0.25, 0.3) is 11.5 Å². The number of benzene rings is 3. The van der Waals surface area contributed by atoms with Gasteiger partial charge in [-0.2, -0.15) is 0 Å². The van der Waals surface area contributed by atoms with Gasteiger partial charge in [0.05, 0.1) is 6.61 Å². The minimum Gasteiger partial charge on any atom is -0.557 e. The summed E-state index contributed by atoms with van der Waals surface area (Å²) in [5.41, 5.74) is 10.4. The average molecular weight is 609 g/mol. The van der Waals surface area contributed by atoms with Crippen LogP contribution in [-0.2, 0) is 12.5 Å². The smallest absolute Gasteiger partial charge is 0.557 e. The van der Waals surface area contributed by atoms with Crippen LogP contribution in [0.5, 0.6) is 5.75 Å². The van der Waals surface area contributed by atoms with Crippen molar-refractivity contribution in [2.75, 3.05) is 25.5 Å². The van der Waals surface area contributed by atoms with E-state index in [-0.39, 0.29) is 88.8 Å². The normalized spacial score (nSPS) is 10.7. The molecule has 0 saturated heterocycles. The molecule has 0 aliphatic rings. The number of pyridine rings is 1. The minimum atomic E-state index is -0.185. The summed E-state index contributed by atoms with van der Waals surface area (Å²) in [6.07, 6.45) is 1.79. The van der Waals surface area contributed by atoms with Crippen molar-refractivity contribution in [3.8, 4) is 16.9 Å². The number of carbonyl (C=O) groups excluding carboxylic acids is 1. The number of aromatic nitrogens is 1. The molecule has 0 radical (unpaired) electrons. The molecule has 0 spiro atoms. The summed E-state index contributed by atoms with van der Waals surface area (Å²) in [5.74, 6) is 0.437. The van der Waals surface area contributed by atoms with E-state index in [0.29, 0.717) is 22.7 Å². The molecule has 2 N–H and O–H groups in total. The van der Waals surface area contributed by atoms with E-state index in [1.54, 1.807) is 44.6 Å². The third kappa shape index (κ3) is 9.04. The summed E-state index contributed by atoms with van der Waals surface area (Å²) in [7, 11) is 3.35. The molecule has 1 aromatic heterocycles. The minimum absolute atomic E-state index is 0. The van der Waals surface area contributed by atoms with Crippen LogP contribution in [0.4, 0.5) is 17.1 Å². The number of hydrogen-bond donors (Lipinski definition) is 2. The Hall–Kier alpha value is -2.92. The van der Waals surface area contributed by atoms with Crippen molar-refractivity contribution < 1.29 is 66.1 Å². The van der Waals surface area contributed by atoms with Gasteiger partial charge in [0.15, 0.2) is 0 Å². The molecule has 4 aromatic rings. The molecule has 0 saturated carbocycles. The SMILES string of the molecule is C.Cc1c(O[N-]c2ccc(C(C)(C)C)cc2)cccc1-c1cc(Nc2ccc(C(=O)N(C)CCO)cc2)c(=O)n(C)c1.[K+]. The van der Waals surface area contributed by atoms with Crippen LogP contribution in [0.3, 0.4) is 0 Å². The van der Waals surface area contributed by atoms with Gasteiger partial charge in [-0.05, 0) is 65.4 Å². The second kappa shape index (κ2) is 15.7. The number of carbonyl (C=O) groups is 1. The van der Waals surface area contributed by atoms with Crippen LogP contribution in [0.15, 0.2) is 83.8 Å². The predicted octanol–water partition coefficient (Wildman–Crippen LogP) is 4.11. The number of nitrogens with one attached hydrogen (secondary N) is 1. The number of amides is 1. The van der Waals surface area contributed by atoms with E-state index in [1.165, 1.54) is 15.0 Å². The molecule has 3 aromatic carbocycles. The van der Waals surface area contributed by atoms with Crippen molar-refractivity contribution in [3.05, 3.63) is 112 Å². The van der Waals surface area contributed by atoms with Crippen LogP contribution in [0.2, 0.25) is 0 Å². The maximum atomic E-state index is 13.0. The van der Waals surface area contributed by atoms with Gasteiger partial charge in [-0.1, -0.05) is 64.6 Å². The van der Waals surface area contributed by atoms with Crippen molar-refractivity contribution in [2.45, 2.75) is 40.5 Å². The van der Waals surface area contributed by atoms with Gasteiger partial charge in [-0.25, -0.2) is 0 Å². The van der Waals surface area contributed by atoms with E-state index < -0.39 is 0 Å². The maximum absolute atomic E-state index is 13.0. The van der Waals surface area contributed by atoms with Crippen LogP contribution in [0, 0.1) is 6.92 Å². The monoisotopic (exact) mass is 608 g/mol. The first kappa shape index (κ1) is 36.3. The molecular weight excluding hydrogens is 567 g/mol. The number of rotatable bonds is 9. The molecule has 0 aliphatic carbocycles. The second-order valence-corrected chi connectivity index (χ2v) is 11.1. The van der Waals surface area contributed by atoms with E-state index in [4.69, 9.17) is 9.94 Å². The summed E-state index contributed by atoms with van der Waals surface area (Å²) in [6.45, 7) is 8.63. The van der Waals surface area contributed by atoms with Crippen molar-refractivity contribution in [2.24, 2.45) is 7.05 Å². The molecule has 0 atom stereocenters. The molecular formula is C34H41KN4O4. The van der Waals surface area contributed by atoms with Gasteiger partial charge < -0.3 is 30.2 Å². The quantitative estimate of drug-likeness (QED) is 0.220. The van der Waals surface area contributed by atoms with Gasteiger partial charge in [0, 0.05) is 43.7 Å². The third-order valence-corrected chi connectivity index (χ3v) is 6.95. The predicted molar refractivity (Wildman–Crippen MR) is 171 cm³/mol. The number of likely N-dealkylation sites (N-methyl/N-ethyl adjacent to an activating group) is 1. The molecule has 4 rings (SSSR count). The van der Waals surface area contributed by atoms with Crippen molar-refractivity contribution in [3.63, 3.8) is 0 Å². The van der Waals surface area contributed by atoms with E-state index in [0.717, 1.165) is 22.4 Å². The first-order valence-corrected chi connectivity index (χ1v) is 13.5. The maximum Gasteiger partial charge on any atom is 1.00 e.